The van der Waals surface area contributed by atoms with Crippen molar-refractivity contribution in [1.82, 2.24) is 4.98 Å². The molecule has 0 bridgehead atoms. The molecule has 1 heterocycles. The molecule has 1 aromatic carbocycles. The molecule has 2 rings (SSSR count). The summed E-state index contributed by atoms with van der Waals surface area (Å²) in [6.07, 6.45) is 4.01. The van der Waals surface area contributed by atoms with E-state index in [1.165, 1.54) is 0 Å². The van der Waals surface area contributed by atoms with Crippen molar-refractivity contribution in [3.05, 3.63) is 54.1 Å². The van der Waals surface area contributed by atoms with E-state index >= 15 is 0 Å². The van der Waals surface area contributed by atoms with Crippen LogP contribution in [0.3, 0.4) is 0 Å². The average Bonchev–Trinajstić information content (AvgIpc) is 2.42. The summed E-state index contributed by atoms with van der Waals surface area (Å²) in [6.45, 7) is 4.86. The zero-order valence-electron chi connectivity index (χ0n) is 11.3. The number of allylic oxidation sites excluding steroid dienone is 1. The molecule has 0 saturated heterocycles. The van der Waals surface area contributed by atoms with E-state index in [0.29, 0.717) is 5.88 Å². The number of nitrogens with one attached hydrogen (secondary N) is 1. The van der Waals surface area contributed by atoms with Gasteiger partial charge < -0.3 is 10.1 Å². The summed E-state index contributed by atoms with van der Waals surface area (Å²) < 4.78 is 5.85. The summed E-state index contributed by atoms with van der Waals surface area (Å²) in [5.74, 6) is 2.22. The number of hydrogen-bond donors (Lipinski definition) is 1. The molecule has 19 heavy (non-hydrogen) atoms. The lowest BCUT2D eigenvalue weighted by molar-refractivity contribution is 0.462. The summed E-state index contributed by atoms with van der Waals surface area (Å²) >= 11 is 0. The van der Waals surface area contributed by atoms with Crippen LogP contribution in [0.5, 0.6) is 11.6 Å². The fourth-order valence-electron chi connectivity index (χ4n) is 1.75. The summed E-state index contributed by atoms with van der Waals surface area (Å²) in [6, 6.07) is 13.6. The topological polar surface area (TPSA) is 34.1 Å². The molecule has 0 spiro atoms. The lowest BCUT2D eigenvalue weighted by atomic mass is 10.2. The van der Waals surface area contributed by atoms with Gasteiger partial charge in [-0.1, -0.05) is 36.4 Å². The van der Waals surface area contributed by atoms with Gasteiger partial charge in [0, 0.05) is 18.2 Å². The third kappa shape index (κ3) is 3.58. The molecule has 1 N–H and O–H groups in total. The predicted molar refractivity (Wildman–Crippen MR) is 79.6 cm³/mol. The van der Waals surface area contributed by atoms with Crippen molar-refractivity contribution >= 4 is 11.9 Å². The highest BCUT2D eigenvalue weighted by molar-refractivity contribution is 5.57. The number of benzene rings is 1. The lowest BCUT2D eigenvalue weighted by Crippen LogP contribution is -1.99. The minimum Gasteiger partial charge on any atom is -0.438 e. The molecule has 3 heteroatoms. The molecule has 0 radical (unpaired) electrons. The van der Waals surface area contributed by atoms with E-state index in [4.69, 9.17) is 4.74 Å². The Morgan fingerprint density at radius 3 is 2.79 bits per heavy atom. The molecule has 1 aromatic heterocycles. The van der Waals surface area contributed by atoms with Crippen LogP contribution < -0.4 is 10.1 Å². The minimum atomic E-state index is 0.593. The molecule has 0 aliphatic heterocycles. The van der Waals surface area contributed by atoms with Crippen LogP contribution in [0.4, 0.5) is 5.82 Å². The molecule has 3 nitrogen and oxygen atoms in total. The van der Waals surface area contributed by atoms with Crippen LogP contribution in [-0.2, 0) is 0 Å². The first-order chi connectivity index (χ1) is 9.33. The number of nitrogens with zero attached hydrogens (tertiary/aromatic N) is 1. The highest BCUT2D eigenvalue weighted by atomic mass is 16.5. The molecular weight excluding hydrogens is 236 g/mol. The molecule has 0 atom stereocenters. The van der Waals surface area contributed by atoms with Crippen LogP contribution in [0.15, 0.2) is 48.5 Å². The second kappa shape index (κ2) is 6.59. The maximum absolute atomic E-state index is 5.85. The lowest BCUT2D eigenvalue weighted by Gasteiger charge is -2.09. The van der Waals surface area contributed by atoms with Crippen molar-refractivity contribution in [2.75, 3.05) is 11.9 Å². The van der Waals surface area contributed by atoms with Gasteiger partial charge in [0.2, 0.25) is 5.88 Å². The van der Waals surface area contributed by atoms with E-state index in [-0.39, 0.29) is 0 Å². The number of ether oxygens (including phenoxy) is 1. The van der Waals surface area contributed by atoms with Crippen molar-refractivity contribution in [2.24, 2.45) is 0 Å². The monoisotopic (exact) mass is 254 g/mol. The van der Waals surface area contributed by atoms with E-state index in [9.17, 15) is 0 Å². The second-order valence-corrected chi connectivity index (χ2v) is 4.03. The SMILES string of the molecule is C/C=C/c1ccccc1Oc1cccc(NCC)n1. The molecule has 0 aliphatic carbocycles. The number of rotatable bonds is 5. The fraction of sp³-hybridized carbons (Fsp3) is 0.188. The first kappa shape index (κ1) is 13.1. The van der Waals surface area contributed by atoms with Gasteiger partial charge in [-0.25, -0.2) is 0 Å². The zero-order valence-corrected chi connectivity index (χ0v) is 11.3. The van der Waals surface area contributed by atoms with Crippen LogP contribution in [0.1, 0.15) is 19.4 Å². The second-order valence-electron chi connectivity index (χ2n) is 4.03. The molecule has 2 aromatic rings. The maximum atomic E-state index is 5.85. The van der Waals surface area contributed by atoms with Crippen molar-refractivity contribution in [3.63, 3.8) is 0 Å². The Morgan fingerprint density at radius 1 is 1.16 bits per heavy atom. The molecule has 0 unspecified atom stereocenters. The largest absolute Gasteiger partial charge is 0.438 e. The zero-order chi connectivity index (χ0) is 13.5. The first-order valence-corrected chi connectivity index (χ1v) is 6.44. The Balaban J connectivity index is 2.23. The Morgan fingerprint density at radius 2 is 2.00 bits per heavy atom. The summed E-state index contributed by atoms with van der Waals surface area (Å²) in [5.41, 5.74) is 1.04. The van der Waals surface area contributed by atoms with E-state index < -0.39 is 0 Å². The van der Waals surface area contributed by atoms with Gasteiger partial charge in [0.15, 0.2) is 0 Å². The molecule has 98 valence electrons. The van der Waals surface area contributed by atoms with Crippen molar-refractivity contribution < 1.29 is 4.74 Å². The molecule has 0 aliphatic rings. The van der Waals surface area contributed by atoms with Crippen LogP contribution in [0.2, 0.25) is 0 Å². The molecular formula is C16H18N2O. The van der Waals surface area contributed by atoms with Crippen LogP contribution in [0.25, 0.3) is 6.08 Å². The van der Waals surface area contributed by atoms with Gasteiger partial charge in [0.25, 0.3) is 0 Å². The molecule has 0 fully saturated rings. The molecule has 0 amide bonds. The number of para-hydroxylation sites is 1. The standard InChI is InChI=1S/C16H18N2O/c1-3-8-13-9-5-6-10-14(13)19-16-12-7-11-15(18-16)17-4-2/h3,5-12H,4H2,1-2H3,(H,17,18)/b8-3+. The van der Waals surface area contributed by atoms with Gasteiger partial charge in [0.05, 0.1) is 0 Å². The minimum absolute atomic E-state index is 0.593. The van der Waals surface area contributed by atoms with E-state index in [0.717, 1.165) is 23.7 Å². The van der Waals surface area contributed by atoms with E-state index in [1.807, 2.05) is 68.5 Å². The van der Waals surface area contributed by atoms with E-state index in [1.54, 1.807) is 0 Å². The third-order valence-corrected chi connectivity index (χ3v) is 2.56. The first-order valence-electron chi connectivity index (χ1n) is 6.44. The maximum Gasteiger partial charge on any atom is 0.221 e. The Labute approximate surface area is 114 Å². The van der Waals surface area contributed by atoms with Gasteiger partial charge in [-0.05, 0) is 26.0 Å². The van der Waals surface area contributed by atoms with Gasteiger partial charge in [0.1, 0.15) is 11.6 Å². The summed E-state index contributed by atoms with van der Waals surface area (Å²) in [7, 11) is 0. The number of hydrogen-bond acceptors (Lipinski definition) is 3. The quantitative estimate of drug-likeness (QED) is 0.861. The average molecular weight is 254 g/mol. The number of aromatic nitrogens is 1. The van der Waals surface area contributed by atoms with E-state index in [2.05, 4.69) is 10.3 Å². The summed E-state index contributed by atoms with van der Waals surface area (Å²) in [4.78, 5) is 4.40. The molecule has 0 saturated carbocycles. The Bertz CT molecular complexity index is 564. The highest BCUT2D eigenvalue weighted by Crippen LogP contribution is 2.25. The Hall–Kier alpha value is -2.29. The Kier molecular flexibility index (Phi) is 4.56. The van der Waals surface area contributed by atoms with Crippen molar-refractivity contribution in [3.8, 4) is 11.6 Å². The third-order valence-electron chi connectivity index (χ3n) is 2.56. The van der Waals surface area contributed by atoms with Gasteiger partial charge >= 0.3 is 0 Å². The van der Waals surface area contributed by atoms with Crippen LogP contribution >= 0.6 is 0 Å². The number of pyridine rings is 1. The van der Waals surface area contributed by atoms with Crippen molar-refractivity contribution in [2.45, 2.75) is 13.8 Å². The van der Waals surface area contributed by atoms with Crippen LogP contribution in [-0.4, -0.2) is 11.5 Å². The smallest absolute Gasteiger partial charge is 0.221 e. The van der Waals surface area contributed by atoms with Gasteiger partial charge in [-0.3, -0.25) is 0 Å². The van der Waals surface area contributed by atoms with Gasteiger partial charge in [-0.2, -0.15) is 4.98 Å². The normalized spacial score (nSPS) is 10.6. The summed E-state index contributed by atoms with van der Waals surface area (Å²) in [5, 5.41) is 3.17. The van der Waals surface area contributed by atoms with Crippen LogP contribution in [0, 0.1) is 0 Å². The predicted octanol–water partition coefficient (Wildman–Crippen LogP) is 4.34. The van der Waals surface area contributed by atoms with Crippen molar-refractivity contribution in [1.29, 1.82) is 0 Å². The van der Waals surface area contributed by atoms with Gasteiger partial charge in [-0.15, -0.1) is 0 Å². The fourth-order valence-corrected chi connectivity index (χ4v) is 1.75. The highest BCUT2D eigenvalue weighted by Gasteiger charge is 2.03. The number of anilines is 1.